The first-order valence-electron chi connectivity index (χ1n) is 12.9. The van der Waals surface area contributed by atoms with Gasteiger partial charge in [-0.1, -0.05) is 65.8 Å². The minimum atomic E-state index is -6.45. The van der Waals surface area contributed by atoms with Gasteiger partial charge in [0.1, 0.15) is 0 Å². The van der Waals surface area contributed by atoms with Gasteiger partial charge in [0.15, 0.2) is 17.3 Å². The van der Waals surface area contributed by atoms with Crippen LogP contribution in [0.3, 0.4) is 0 Å². The third kappa shape index (κ3) is 7.16. The Hall–Kier alpha value is -1.24. The van der Waals surface area contributed by atoms with Gasteiger partial charge >= 0.3 is 32.4 Å². The van der Waals surface area contributed by atoms with Crippen LogP contribution < -0.4 is 21.2 Å². The third-order valence-corrected chi connectivity index (χ3v) is 11.2. The average molecular weight is 685 g/mol. The molecule has 39 heavy (non-hydrogen) atoms. The summed E-state index contributed by atoms with van der Waals surface area (Å²) in [5.74, 6) is -8.30. The number of benzene rings is 2. The first-order valence-corrected chi connectivity index (χ1v) is 16.5. The van der Waals surface area contributed by atoms with Crippen LogP contribution in [0.2, 0.25) is 0 Å². The molecule has 10 heteroatoms. The second-order valence-corrected chi connectivity index (χ2v) is 17.1. The van der Waals surface area contributed by atoms with Crippen LogP contribution in [-0.2, 0) is 20.9 Å². The van der Waals surface area contributed by atoms with Gasteiger partial charge in [-0.05, 0) is 77.3 Å². The Morgan fingerprint density at radius 1 is 0.769 bits per heavy atom. The van der Waals surface area contributed by atoms with Gasteiger partial charge in [-0.15, -0.1) is 0 Å². The van der Waals surface area contributed by atoms with E-state index in [2.05, 4.69) is 90.1 Å². The summed E-state index contributed by atoms with van der Waals surface area (Å²) in [5, 5.41) is 3.77. The summed E-state index contributed by atoms with van der Waals surface area (Å²) in [5.41, 5.74) is 3.31. The van der Waals surface area contributed by atoms with Crippen LogP contribution in [0.4, 0.5) is 17.6 Å². The average Bonchev–Trinajstić information content (AvgIpc) is 3.38. The Kier molecular flexibility index (Phi) is 9.28. The monoisotopic (exact) mass is 684 g/mol. The maximum atomic E-state index is 13.6. The number of halogens is 5. The molecule has 0 radical (unpaired) electrons. The zero-order valence-electron chi connectivity index (χ0n) is 23.0. The number of alkyl halides is 4. The first kappa shape index (κ1) is 32.3. The molecule has 4 rings (SSSR count). The van der Waals surface area contributed by atoms with Crippen molar-refractivity contribution in [1.29, 1.82) is 0 Å². The van der Waals surface area contributed by atoms with Gasteiger partial charge < -0.3 is 9.66 Å². The van der Waals surface area contributed by atoms with E-state index in [4.69, 9.17) is 0 Å². The second-order valence-electron chi connectivity index (χ2n) is 12.6. The van der Waals surface area contributed by atoms with Crippen LogP contribution in [-0.4, -0.2) is 35.4 Å². The molecule has 2 fully saturated rings. The topological polar surface area (TPSA) is 77.4 Å². The molecule has 4 atom stereocenters. The molecular formula is C29H37F4IO4S. The quantitative estimate of drug-likeness (QED) is 0.297. The van der Waals surface area contributed by atoms with E-state index in [-0.39, 0.29) is 57.2 Å². The Bertz CT molecular complexity index is 1180. The van der Waals surface area contributed by atoms with E-state index >= 15 is 0 Å². The minimum Gasteiger partial charge on any atom is -0.743 e. The van der Waals surface area contributed by atoms with Gasteiger partial charge in [0.2, 0.25) is 0 Å². The fraction of sp³-hybridized carbons (Fsp3) is 0.586. The van der Waals surface area contributed by atoms with Crippen LogP contribution in [0, 0.1) is 24.9 Å². The molecule has 0 heterocycles. The van der Waals surface area contributed by atoms with Crippen molar-refractivity contribution >= 4 is 10.1 Å². The minimum absolute atomic E-state index is 0.0703. The van der Waals surface area contributed by atoms with Crippen molar-refractivity contribution in [2.75, 3.05) is 0 Å². The summed E-state index contributed by atoms with van der Waals surface area (Å²) in [7, 11) is -6.45. The highest BCUT2D eigenvalue weighted by Gasteiger charge is 2.69. The maximum Gasteiger partial charge on any atom is 0.396 e. The Morgan fingerprint density at radius 2 is 1.18 bits per heavy atom. The highest BCUT2D eigenvalue weighted by atomic mass is 127. The summed E-state index contributed by atoms with van der Waals surface area (Å²) >= 11 is -0.0703. The summed E-state index contributed by atoms with van der Waals surface area (Å²) in [4.78, 5) is 0. The highest BCUT2D eigenvalue weighted by Crippen LogP contribution is 2.58. The SMILES string of the molecule is CC(C)(C)c1ccc([I+]c2ccc(C(C)(C)C)cc2)cc1.O=S(=O)([O-])C(F)(F)C(F)(F)C1CC2CC(O)C1C2. The van der Waals surface area contributed by atoms with Crippen molar-refractivity contribution in [2.45, 2.75) is 88.9 Å². The van der Waals surface area contributed by atoms with E-state index in [1.54, 1.807) is 0 Å². The van der Waals surface area contributed by atoms with E-state index in [0.717, 1.165) is 0 Å². The summed E-state index contributed by atoms with van der Waals surface area (Å²) in [6.45, 7) is 13.6. The van der Waals surface area contributed by atoms with E-state index in [0.29, 0.717) is 0 Å². The van der Waals surface area contributed by atoms with Crippen LogP contribution in [0.1, 0.15) is 71.9 Å². The normalized spacial score (nSPS) is 23.9. The molecule has 0 spiro atoms. The summed E-state index contributed by atoms with van der Waals surface area (Å²) in [6, 6.07) is 18.4. The number of hydrogen-bond donors (Lipinski definition) is 1. The zero-order valence-corrected chi connectivity index (χ0v) is 26.0. The Morgan fingerprint density at radius 3 is 1.49 bits per heavy atom. The van der Waals surface area contributed by atoms with Gasteiger partial charge in [0.05, 0.1) is 6.10 Å². The van der Waals surface area contributed by atoms with Crippen LogP contribution in [0.5, 0.6) is 0 Å². The molecule has 218 valence electrons. The van der Waals surface area contributed by atoms with Crippen molar-refractivity contribution in [3.8, 4) is 0 Å². The molecule has 0 saturated heterocycles. The molecule has 0 aliphatic heterocycles. The van der Waals surface area contributed by atoms with Crippen molar-refractivity contribution in [1.82, 2.24) is 0 Å². The summed E-state index contributed by atoms with van der Waals surface area (Å²) < 4.78 is 87.2. The number of aliphatic hydroxyl groups is 1. The lowest BCUT2D eigenvalue weighted by atomic mass is 9.82. The molecule has 2 aliphatic carbocycles. The number of hydrogen-bond acceptors (Lipinski definition) is 4. The van der Waals surface area contributed by atoms with Gasteiger partial charge in [-0.25, -0.2) is 8.42 Å². The van der Waals surface area contributed by atoms with Crippen LogP contribution >= 0.6 is 0 Å². The first-order chi connectivity index (χ1) is 17.6. The fourth-order valence-electron chi connectivity index (χ4n) is 5.26. The molecule has 0 amide bonds. The molecule has 2 aromatic carbocycles. The smallest absolute Gasteiger partial charge is 0.396 e. The number of aliphatic hydroxyl groups excluding tert-OH is 1. The molecule has 4 nitrogen and oxygen atoms in total. The van der Waals surface area contributed by atoms with Crippen LogP contribution in [0.15, 0.2) is 48.5 Å². The van der Waals surface area contributed by atoms with E-state index in [9.17, 15) is 35.6 Å². The number of fused-ring (bicyclic) bond motifs is 2. The molecule has 2 aliphatic rings. The molecular weight excluding hydrogens is 647 g/mol. The van der Waals surface area contributed by atoms with Gasteiger partial charge in [0, 0.05) is 5.92 Å². The van der Waals surface area contributed by atoms with Gasteiger partial charge in [-0.2, -0.15) is 17.6 Å². The molecule has 4 unspecified atom stereocenters. The van der Waals surface area contributed by atoms with E-state index in [1.165, 1.54) is 18.3 Å². The lowest BCUT2D eigenvalue weighted by Gasteiger charge is -2.37. The van der Waals surface area contributed by atoms with Crippen molar-refractivity contribution in [3.05, 3.63) is 66.8 Å². The van der Waals surface area contributed by atoms with Crippen LogP contribution in [0.25, 0.3) is 0 Å². The molecule has 2 aromatic rings. The van der Waals surface area contributed by atoms with E-state index in [1.807, 2.05) is 0 Å². The Labute approximate surface area is 239 Å². The molecule has 0 aromatic heterocycles. The predicted molar refractivity (Wildman–Crippen MR) is 138 cm³/mol. The van der Waals surface area contributed by atoms with E-state index < -0.39 is 39.2 Å². The highest BCUT2D eigenvalue weighted by molar-refractivity contribution is 7.86. The predicted octanol–water partition coefficient (Wildman–Crippen LogP) is 3.58. The lowest BCUT2D eigenvalue weighted by molar-refractivity contribution is -0.597. The van der Waals surface area contributed by atoms with Gasteiger partial charge in [-0.3, -0.25) is 0 Å². The van der Waals surface area contributed by atoms with Crippen molar-refractivity contribution < 1.29 is 56.8 Å². The molecule has 2 bridgehead atoms. The van der Waals surface area contributed by atoms with Crippen molar-refractivity contribution in [3.63, 3.8) is 0 Å². The fourth-order valence-corrected chi connectivity index (χ4v) is 7.91. The Balaban J connectivity index is 0.000000218. The zero-order chi connectivity index (χ0) is 29.6. The molecule has 1 N–H and O–H groups in total. The lowest BCUT2D eigenvalue weighted by Crippen LogP contribution is -3.61. The van der Waals surface area contributed by atoms with Gasteiger partial charge in [0.25, 0.3) is 0 Å². The maximum absolute atomic E-state index is 13.6. The molecule has 2 saturated carbocycles. The third-order valence-electron chi connectivity index (χ3n) is 7.59. The number of rotatable bonds is 5. The summed E-state index contributed by atoms with van der Waals surface area (Å²) in [6.07, 6.45) is -1.01. The standard InChI is InChI=1S/C20H26I.C9H12F4O4S/c1-19(2,3)15-7-11-17(12-8-15)21-18-13-9-16(10-14-18)20(4,5)6;10-8(11,9(12,13)18(15,16)17)6-2-4-1-5(6)7(14)3-4/h7-14H,1-6H3;4-7,14H,1-3H2,(H,15,16,17)/q+1;/p-1. The largest absolute Gasteiger partial charge is 0.743 e. The van der Waals surface area contributed by atoms with Crippen molar-refractivity contribution in [2.24, 2.45) is 17.8 Å². The second kappa shape index (κ2) is 11.2.